The number of carbonyl (C=O) groups is 3. The number of nitrogens with zero attached hydrogens (tertiary/aromatic N) is 2. The first-order chi connectivity index (χ1) is 15.5. The van der Waals surface area contributed by atoms with Gasteiger partial charge in [-0.15, -0.1) is 0 Å². The summed E-state index contributed by atoms with van der Waals surface area (Å²) < 4.78 is 0. The second-order valence-corrected chi connectivity index (χ2v) is 8.89. The zero-order chi connectivity index (χ0) is 22.5. The summed E-state index contributed by atoms with van der Waals surface area (Å²) in [6.45, 7) is 1.06. The van der Waals surface area contributed by atoms with E-state index in [4.69, 9.17) is 0 Å². The number of anilines is 1. The highest BCUT2D eigenvalue weighted by molar-refractivity contribution is 6.04. The molecule has 1 aliphatic heterocycles. The zero-order valence-corrected chi connectivity index (χ0v) is 18.7. The molecule has 1 heterocycles. The molecule has 6 heteroatoms. The number of benzene rings is 2. The predicted molar refractivity (Wildman–Crippen MR) is 124 cm³/mol. The Morgan fingerprint density at radius 1 is 0.969 bits per heavy atom. The molecular formula is C26H31N3O3. The molecular weight excluding hydrogens is 402 g/mol. The number of rotatable bonds is 7. The Morgan fingerprint density at radius 2 is 1.62 bits per heavy atom. The number of nitrogens with one attached hydrogen (secondary N) is 1. The van der Waals surface area contributed by atoms with Crippen LogP contribution in [0.1, 0.15) is 66.4 Å². The molecule has 2 aliphatic rings. The molecule has 1 saturated heterocycles. The van der Waals surface area contributed by atoms with Crippen LogP contribution in [0.4, 0.5) is 5.69 Å². The molecule has 0 bridgehead atoms. The van der Waals surface area contributed by atoms with Gasteiger partial charge < -0.3 is 5.32 Å². The largest absolute Gasteiger partial charge is 0.322 e. The third-order valence-electron chi connectivity index (χ3n) is 6.60. The van der Waals surface area contributed by atoms with E-state index >= 15 is 0 Å². The zero-order valence-electron chi connectivity index (χ0n) is 18.7. The second kappa shape index (κ2) is 10.1. The highest BCUT2D eigenvalue weighted by Crippen LogP contribution is 2.25. The Bertz CT molecular complexity index is 964. The Labute approximate surface area is 189 Å². The van der Waals surface area contributed by atoms with Crippen molar-refractivity contribution in [3.05, 3.63) is 65.2 Å². The van der Waals surface area contributed by atoms with Gasteiger partial charge in [0.05, 0.1) is 6.54 Å². The maximum Gasteiger partial charge on any atom is 0.255 e. The van der Waals surface area contributed by atoms with Crippen LogP contribution in [0.3, 0.4) is 0 Å². The van der Waals surface area contributed by atoms with Crippen LogP contribution in [-0.4, -0.2) is 40.6 Å². The molecule has 0 atom stereocenters. The SMILES string of the molecule is CN(Cc1ccccc1NC(=O)c1ccc(CN2C(=O)CCC2=O)cc1)C1CCCCC1. The summed E-state index contributed by atoms with van der Waals surface area (Å²) in [5.74, 6) is -0.434. The quantitative estimate of drug-likeness (QED) is 0.659. The Morgan fingerprint density at radius 3 is 2.31 bits per heavy atom. The number of imide groups is 1. The van der Waals surface area contributed by atoms with Crippen LogP contribution in [0, 0.1) is 0 Å². The lowest BCUT2D eigenvalue weighted by atomic mass is 9.94. The molecule has 4 rings (SSSR count). The maximum absolute atomic E-state index is 12.9. The lowest BCUT2D eigenvalue weighted by molar-refractivity contribution is -0.139. The second-order valence-electron chi connectivity index (χ2n) is 8.89. The normalized spacial score (nSPS) is 17.2. The van der Waals surface area contributed by atoms with Crippen molar-refractivity contribution in [2.24, 2.45) is 0 Å². The maximum atomic E-state index is 12.9. The van der Waals surface area contributed by atoms with Crippen molar-refractivity contribution < 1.29 is 14.4 Å². The van der Waals surface area contributed by atoms with Crippen LogP contribution in [0.15, 0.2) is 48.5 Å². The van der Waals surface area contributed by atoms with E-state index in [-0.39, 0.29) is 37.1 Å². The van der Waals surface area contributed by atoms with E-state index in [0.717, 1.165) is 23.4 Å². The summed E-state index contributed by atoms with van der Waals surface area (Å²) in [7, 11) is 2.17. The molecule has 3 amide bonds. The molecule has 2 aromatic carbocycles. The standard InChI is InChI=1S/C26H31N3O3/c1-28(22-8-3-2-4-9-22)18-21-7-5-6-10-23(21)27-26(32)20-13-11-19(12-14-20)17-29-24(30)15-16-25(29)31/h5-7,10-14,22H,2-4,8-9,15-18H2,1H3,(H,27,32). The van der Waals surface area contributed by atoms with Gasteiger partial charge in [0.1, 0.15) is 0 Å². The number of hydrogen-bond acceptors (Lipinski definition) is 4. The molecule has 32 heavy (non-hydrogen) atoms. The number of amides is 3. The van der Waals surface area contributed by atoms with E-state index in [0.29, 0.717) is 11.6 Å². The molecule has 0 unspecified atom stereocenters. The van der Waals surface area contributed by atoms with E-state index in [9.17, 15) is 14.4 Å². The molecule has 0 aromatic heterocycles. The first-order valence-corrected chi connectivity index (χ1v) is 11.5. The third kappa shape index (κ3) is 5.25. The van der Waals surface area contributed by atoms with Crippen molar-refractivity contribution in [2.45, 2.75) is 64.1 Å². The topological polar surface area (TPSA) is 69.7 Å². The van der Waals surface area contributed by atoms with Crippen molar-refractivity contribution in [2.75, 3.05) is 12.4 Å². The Balaban J connectivity index is 1.39. The van der Waals surface area contributed by atoms with Gasteiger partial charge in [-0.05, 0) is 49.2 Å². The first kappa shape index (κ1) is 22.2. The molecule has 1 aliphatic carbocycles. The minimum atomic E-state index is -0.169. The summed E-state index contributed by atoms with van der Waals surface area (Å²) in [5.41, 5.74) is 3.32. The summed E-state index contributed by atoms with van der Waals surface area (Å²) in [4.78, 5) is 40.2. The number of likely N-dealkylation sites (tertiary alicyclic amines) is 1. The molecule has 1 saturated carbocycles. The van der Waals surface area contributed by atoms with Crippen LogP contribution >= 0.6 is 0 Å². The fraction of sp³-hybridized carbons (Fsp3) is 0.423. The monoisotopic (exact) mass is 433 g/mol. The lowest BCUT2D eigenvalue weighted by Crippen LogP contribution is -2.33. The summed E-state index contributed by atoms with van der Waals surface area (Å²) in [6.07, 6.45) is 6.98. The molecule has 0 radical (unpaired) electrons. The van der Waals surface area contributed by atoms with Crippen molar-refractivity contribution in [3.8, 4) is 0 Å². The van der Waals surface area contributed by atoms with Crippen molar-refractivity contribution in [1.82, 2.24) is 9.80 Å². The highest BCUT2D eigenvalue weighted by Gasteiger charge is 2.28. The van der Waals surface area contributed by atoms with E-state index < -0.39 is 0 Å². The molecule has 1 N–H and O–H groups in total. The molecule has 168 valence electrons. The molecule has 6 nitrogen and oxygen atoms in total. The van der Waals surface area contributed by atoms with Gasteiger partial charge in [-0.3, -0.25) is 24.2 Å². The van der Waals surface area contributed by atoms with Crippen molar-refractivity contribution in [1.29, 1.82) is 0 Å². The van der Waals surface area contributed by atoms with Gasteiger partial charge in [0.25, 0.3) is 5.91 Å². The first-order valence-electron chi connectivity index (χ1n) is 11.5. The fourth-order valence-electron chi connectivity index (χ4n) is 4.64. The third-order valence-corrected chi connectivity index (χ3v) is 6.60. The van der Waals surface area contributed by atoms with E-state index in [2.05, 4.69) is 23.3 Å². The van der Waals surface area contributed by atoms with Gasteiger partial charge in [-0.2, -0.15) is 0 Å². The van der Waals surface area contributed by atoms with Gasteiger partial charge in [0.2, 0.25) is 11.8 Å². The molecule has 2 aromatic rings. The van der Waals surface area contributed by atoms with Crippen molar-refractivity contribution in [3.63, 3.8) is 0 Å². The molecule has 2 fully saturated rings. The number of hydrogen-bond donors (Lipinski definition) is 1. The fourth-order valence-corrected chi connectivity index (χ4v) is 4.64. The van der Waals surface area contributed by atoms with Gasteiger partial charge in [-0.1, -0.05) is 49.6 Å². The number of para-hydroxylation sites is 1. The smallest absolute Gasteiger partial charge is 0.255 e. The van der Waals surface area contributed by atoms with Crippen LogP contribution in [0.2, 0.25) is 0 Å². The Hall–Kier alpha value is -2.99. The number of carbonyl (C=O) groups excluding carboxylic acids is 3. The average molecular weight is 434 g/mol. The van der Waals surface area contributed by atoms with Crippen LogP contribution in [0.25, 0.3) is 0 Å². The van der Waals surface area contributed by atoms with Gasteiger partial charge in [0.15, 0.2) is 0 Å². The predicted octanol–water partition coefficient (Wildman–Crippen LogP) is 4.35. The van der Waals surface area contributed by atoms with E-state index in [1.54, 1.807) is 24.3 Å². The van der Waals surface area contributed by atoms with Crippen LogP contribution < -0.4 is 5.32 Å². The summed E-state index contributed by atoms with van der Waals surface area (Å²) in [6, 6.07) is 15.7. The van der Waals surface area contributed by atoms with Gasteiger partial charge in [0, 0.05) is 36.7 Å². The van der Waals surface area contributed by atoms with E-state index in [1.807, 2.05) is 18.2 Å². The van der Waals surface area contributed by atoms with Gasteiger partial charge in [-0.25, -0.2) is 0 Å². The van der Waals surface area contributed by atoms with Crippen LogP contribution in [0.5, 0.6) is 0 Å². The van der Waals surface area contributed by atoms with Crippen molar-refractivity contribution >= 4 is 23.4 Å². The van der Waals surface area contributed by atoms with Gasteiger partial charge >= 0.3 is 0 Å². The lowest BCUT2D eigenvalue weighted by Gasteiger charge is -2.31. The average Bonchev–Trinajstić information content (AvgIpc) is 3.13. The Kier molecular flexibility index (Phi) is 7.00. The summed E-state index contributed by atoms with van der Waals surface area (Å²) >= 11 is 0. The minimum absolute atomic E-state index is 0.133. The van der Waals surface area contributed by atoms with E-state index in [1.165, 1.54) is 37.0 Å². The minimum Gasteiger partial charge on any atom is -0.322 e. The van der Waals surface area contributed by atoms with Crippen LogP contribution in [-0.2, 0) is 22.7 Å². The summed E-state index contributed by atoms with van der Waals surface area (Å²) in [5, 5.41) is 3.06. The highest BCUT2D eigenvalue weighted by atomic mass is 16.2. The molecule has 0 spiro atoms.